The Kier molecular flexibility index (Phi) is 7.64. The van der Waals surface area contributed by atoms with Crippen molar-refractivity contribution in [2.75, 3.05) is 0 Å². The molecule has 0 atom stereocenters. The average molecular weight is 541 g/mol. The highest BCUT2D eigenvalue weighted by atomic mass is 32.1. The summed E-state index contributed by atoms with van der Waals surface area (Å²) < 4.78 is 0. The first-order valence-electron chi connectivity index (χ1n) is 10.9. The highest BCUT2D eigenvalue weighted by molar-refractivity contribution is 7.26. The standard InChI is InChI=1S/C30H20S5/c1-3-5-21-7-9-23(31-21)11-13-25-15-17-27(33-25)29-19-20-30(35-29)28-18-16-26(34-28)14-12-24-10-8-22(32-24)6-4-2/h3-4,7-10,15-20H,1-2,5-6H2. The van der Waals surface area contributed by atoms with Gasteiger partial charge in [0.05, 0.1) is 19.5 Å². The third-order valence-electron chi connectivity index (χ3n) is 4.94. The van der Waals surface area contributed by atoms with Crippen LogP contribution in [0.5, 0.6) is 0 Å². The van der Waals surface area contributed by atoms with Gasteiger partial charge in [0.1, 0.15) is 0 Å². The molecule has 0 aliphatic carbocycles. The zero-order chi connectivity index (χ0) is 24.0. The molecule has 0 unspecified atom stereocenters. The fourth-order valence-corrected chi connectivity index (χ4v) is 7.94. The van der Waals surface area contributed by atoms with Crippen molar-refractivity contribution >= 4 is 56.7 Å². The summed E-state index contributed by atoms with van der Waals surface area (Å²) in [6.07, 6.45) is 5.67. The number of hydrogen-bond donors (Lipinski definition) is 0. The Morgan fingerprint density at radius 1 is 0.457 bits per heavy atom. The topological polar surface area (TPSA) is 0 Å². The summed E-state index contributed by atoms with van der Waals surface area (Å²) in [4.78, 5) is 12.0. The number of hydrogen-bond acceptors (Lipinski definition) is 5. The van der Waals surface area contributed by atoms with E-state index in [0.717, 1.165) is 32.4 Å². The minimum atomic E-state index is 0.903. The van der Waals surface area contributed by atoms with Gasteiger partial charge in [0.25, 0.3) is 0 Å². The smallest absolute Gasteiger partial charge is 0.0779 e. The van der Waals surface area contributed by atoms with Crippen LogP contribution in [-0.4, -0.2) is 0 Å². The molecule has 0 N–H and O–H groups in total. The molecule has 0 nitrogen and oxygen atoms in total. The molecule has 0 amide bonds. The summed E-state index contributed by atoms with van der Waals surface area (Å²) in [5, 5.41) is 0. The molecular weight excluding hydrogens is 521 g/mol. The summed E-state index contributed by atoms with van der Waals surface area (Å²) in [6.45, 7) is 7.61. The molecule has 0 saturated heterocycles. The molecule has 0 aromatic carbocycles. The molecule has 5 rings (SSSR count). The summed E-state index contributed by atoms with van der Waals surface area (Å²) in [5.41, 5.74) is 0. The van der Waals surface area contributed by atoms with Gasteiger partial charge in [0, 0.05) is 29.3 Å². The molecule has 5 heteroatoms. The molecule has 0 aliphatic heterocycles. The first kappa shape index (κ1) is 23.8. The van der Waals surface area contributed by atoms with E-state index < -0.39 is 0 Å². The van der Waals surface area contributed by atoms with Crippen LogP contribution in [0.1, 0.15) is 29.3 Å². The second-order valence-corrected chi connectivity index (χ2v) is 13.1. The van der Waals surface area contributed by atoms with Gasteiger partial charge in [0.2, 0.25) is 0 Å². The Hall–Kier alpha value is -2.90. The lowest BCUT2D eigenvalue weighted by atomic mass is 10.3. The van der Waals surface area contributed by atoms with Gasteiger partial charge in [-0.25, -0.2) is 0 Å². The van der Waals surface area contributed by atoms with Gasteiger partial charge >= 0.3 is 0 Å². The van der Waals surface area contributed by atoms with Crippen LogP contribution in [0.15, 0.2) is 86.0 Å². The van der Waals surface area contributed by atoms with E-state index in [4.69, 9.17) is 0 Å². The highest BCUT2D eigenvalue weighted by Gasteiger charge is 2.09. The second-order valence-electron chi connectivity index (χ2n) is 7.51. The van der Waals surface area contributed by atoms with E-state index in [2.05, 4.69) is 97.5 Å². The summed E-state index contributed by atoms with van der Waals surface area (Å²) in [7, 11) is 0. The molecular formula is C30H20S5. The summed E-state index contributed by atoms with van der Waals surface area (Å²) in [6, 6.07) is 21.5. The molecule has 5 aromatic rings. The maximum atomic E-state index is 3.80. The van der Waals surface area contributed by atoms with Gasteiger partial charge in [-0.15, -0.1) is 69.8 Å². The van der Waals surface area contributed by atoms with Crippen LogP contribution in [0, 0.1) is 23.7 Å². The van der Waals surface area contributed by atoms with E-state index in [1.165, 1.54) is 29.3 Å². The van der Waals surface area contributed by atoms with Gasteiger partial charge in [-0.05, 0) is 97.2 Å². The van der Waals surface area contributed by atoms with E-state index >= 15 is 0 Å². The number of thiophene rings is 5. The van der Waals surface area contributed by atoms with E-state index in [9.17, 15) is 0 Å². The first-order chi connectivity index (χ1) is 17.2. The Balaban J connectivity index is 1.27. The number of allylic oxidation sites excluding steroid dienone is 2. The molecule has 0 radical (unpaired) electrons. The Labute approximate surface area is 226 Å². The molecule has 170 valence electrons. The Bertz CT molecular complexity index is 1480. The quantitative estimate of drug-likeness (QED) is 0.149. The number of rotatable bonds is 6. The fraction of sp³-hybridized carbons (Fsp3) is 0.0667. The van der Waals surface area contributed by atoms with Crippen LogP contribution >= 0.6 is 56.7 Å². The first-order valence-corrected chi connectivity index (χ1v) is 15.0. The second kappa shape index (κ2) is 11.2. The third-order valence-corrected chi connectivity index (χ3v) is 10.5. The van der Waals surface area contributed by atoms with Crippen molar-refractivity contribution < 1.29 is 0 Å². The van der Waals surface area contributed by atoms with Gasteiger partial charge in [-0.2, -0.15) is 0 Å². The lowest BCUT2D eigenvalue weighted by Crippen LogP contribution is -1.67. The minimum Gasteiger partial charge on any atom is -0.134 e. The van der Waals surface area contributed by atoms with Crippen molar-refractivity contribution in [3.63, 3.8) is 0 Å². The van der Waals surface area contributed by atoms with Crippen molar-refractivity contribution in [3.05, 3.63) is 115 Å². The zero-order valence-corrected chi connectivity index (χ0v) is 22.9. The molecule has 5 aromatic heterocycles. The van der Waals surface area contributed by atoms with Crippen LogP contribution in [0.3, 0.4) is 0 Å². The predicted molar refractivity (Wildman–Crippen MR) is 159 cm³/mol. The largest absolute Gasteiger partial charge is 0.134 e. The van der Waals surface area contributed by atoms with Gasteiger partial charge in [0.15, 0.2) is 0 Å². The molecule has 0 bridgehead atoms. The normalized spacial score (nSPS) is 10.3. The zero-order valence-electron chi connectivity index (χ0n) is 18.8. The molecule has 5 heterocycles. The Morgan fingerprint density at radius 3 is 1.23 bits per heavy atom. The lowest BCUT2D eigenvalue weighted by Gasteiger charge is -1.90. The minimum absolute atomic E-state index is 0.903. The van der Waals surface area contributed by atoms with Gasteiger partial charge in [-0.1, -0.05) is 12.2 Å². The van der Waals surface area contributed by atoms with Crippen LogP contribution in [0.4, 0.5) is 0 Å². The summed E-state index contributed by atoms with van der Waals surface area (Å²) >= 11 is 8.80. The SMILES string of the molecule is C=CCc1ccc(C#Cc2ccc(-c3ccc(-c4ccc(C#Cc5ccc(CC=C)s5)s4)s3)s2)s1. The van der Waals surface area contributed by atoms with E-state index in [-0.39, 0.29) is 0 Å². The van der Waals surface area contributed by atoms with Crippen molar-refractivity contribution in [2.24, 2.45) is 0 Å². The van der Waals surface area contributed by atoms with E-state index in [1.807, 2.05) is 23.5 Å². The van der Waals surface area contributed by atoms with Crippen LogP contribution in [0.25, 0.3) is 19.5 Å². The molecule has 0 fully saturated rings. The molecule has 0 aliphatic rings. The monoisotopic (exact) mass is 540 g/mol. The van der Waals surface area contributed by atoms with Crippen molar-refractivity contribution in [1.82, 2.24) is 0 Å². The van der Waals surface area contributed by atoms with E-state index in [0.29, 0.717) is 0 Å². The van der Waals surface area contributed by atoms with Gasteiger partial charge < -0.3 is 0 Å². The van der Waals surface area contributed by atoms with Crippen LogP contribution in [-0.2, 0) is 12.8 Å². The third kappa shape index (κ3) is 6.03. The maximum absolute atomic E-state index is 3.80. The van der Waals surface area contributed by atoms with Crippen molar-refractivity contribution in [1.29, 1.82) is 0 Å². The molecule has 35 heavy (non-hydrogen) atoms. The van der Waals surface area contributed by atoms with Crippen molar-refractivity contribution in [2.45, 2.75) is 12.8 Å². The fourth-order valence-electron chi connectivity index (χ4n) is 3.32. The Morgan fingerprint density at radius 2 is 0.800 bits per heavy atom. The summed E-state index contributed by atoms with van der Waals surface area (Å²) in [5.74, 6) is 13.3. The maximum Gasteiger partial charge on any atom is 0.0779 e. The lowest BCUT2D eigenvalue weighted by molar-refractivity contribution is 1.36. The highest BCUT2D eigenvalue weighted by Crippen LogP contribution is 2.39. The van der Waals surface area contributed by atoms with Crippen LogP contribution in [0.2, 0.25) is 0 Å². The predicted octanol–water partition coefficient (Wildman–Crippen LogP) is 9.58. The van der Waals surface area contributed by atoms with Gasteiger partial charge in [-0.3, -0.25) is 0 Å². The average Bonchev–Trinajstić information content (AvgIpc) is 3.67. The van der Waals surface area contributed by atoms with Crippen LogP contribution < -0.4 is 0 Å². The molecule has 0 saturated carbocycles. The van der Waals surface area contributed by atoms with Crippen molar-refractivity contribution in [3.8, 4) is 43.2 Å². The van der Waals surface area contributed by atoms with E-state index in [1.54, 1.807) is 45.3 Å². The molecule has 0 spiro atoms.